The van der Waals surface area contributed by atoms with Crippen molar-refractivity contribution in [2.75, 3.05) is 33.3 Å². The van der Waals surface area contributed by atoms with Gasteiger partial charge in [0.2, 0.25) is 0 Å². The third-order valence-electron chi connectivity index (χ3n) is 5.44. The first-order valence-electron chi connectivity index (χ1n) is 9.39. The van der Waals surface area contributed by atoms with Crippen molar-refractivity contribution in [2.45, 2.75) is 32.5 Å². The van der Waals surface area contributed by atoms with Crippen LogP contribution in [0.4, 0.5) is 0 Å². The molecule has 1 atom stereocenters. The smallest absolute Gasteiger partial charge is 0.123 e. The molecule has 2 aliphatic rings. The molecule has 5 heteroatoms. The summed E-state index contributed by atoms with van der Waals surface area (Å²) in [6.45, 7) is 7.71. The molecule has 25 heavy (non-hydrogen) atoms. The second-order valence-electron chi connectivity index (χ2n) is 7.36. The van der Waals surface area contributed by atoms with Crippen LogP contribution in [0.5, 0.6) is 5.75 Å². The summed E-state index contributed by atoms with van der Waals surface area (Å²) in [5, 5.41) is 4.56. The standard InChI is InChI=1S/C20H28N4O/c1-25-20-7-3-2-6-18(20)15-23-13-17(12-22-10-4-5-11-22)14-24-19(16-23)8-9-21-24/h2-3,6-9,17H,4-5,10-16H2,1H3. The van der Waals surface area contributed by atoms with E-state index in [4.69, 9.17) is 4.74 Å². The summed E-state index contributed by atoms with van der Waals surface area (Å²) in [7, 11) is 1.76. The molecule has 3 heterocycles. The van der Waals surface area contributed by atoms with Crippen LogP contribution in [-0.4, -0.2) is 52.9 Å². The molecular formula is C20H28N4O. The fourth-order valence-corrected chi connectivity index (χ4v) is 4.26. The van der Waals surface area contributed by atoms with Crippen LogP contribution in [0.15, 0.2) is 36.5 Å². The zero-order chi connectivity index (χ0) is 17.1. The Hall–Kier alpha value is -1.85. The lowest BCUT2D eigenvalue weighted by Crippen LogP contribution is -2.35. The predicted molar refractivity (Wildman–Crippen MR) is 98.5 cm³/mol. The molecule has 4 rings (SSSR count). The normalized spacial score (nSPS) is 21.9. The number of rotatable bonds is 5. The van der Waals surface area contributed by atoms with E-state index in [1.807, 2.05) is 12.3 Å². The number of methoxy groups -OCH3 is 1. The maximum absolute atomic E-state index is 5.55. The van der Waals surface area contributed by atoms with Gasteiger partial charge in [0.15, 0.2) is 0 Å². The summed E-state index contributed by atoms with van der Waals surface area (Å²) < 4.78 is 7.77. The van der Waals surface area contributed by atoms with Crippen molar-refractivity contribution in [3.8, 4) is 5.75 Å². The summed E-state index contributed by atoms with van der Waals surface area (Å²) in [5.74, 6) is 1.60. The quantitative estimate of drug-likeness (QED) is 0.838. The minimum absolute atomic E-state index is 0.619. The van der Waals surface area contributed by atoms with Crippen molar-refractivity contribution >= 4 is 0 Å². The predicted octanol–water partition coefficient (Wildman–Crippen LogP) is 2.62. The fourth-order valence-electron chi connectivity index (χ4n) is 4.26. The average molecular weight is 340 g/mol. The molecule has 5 nitrogen and oxygen atoms in total. The van der Waals surface area contributed by atoms with Crippen LogP contribution in [0.1, 0.15) is 24.1 Å². The number of fused-ring (bicyclic) bond motifs is 1. The lowest BCUT2D eigenvalue weighted by molar-refractivity contribution is 0.180. The summed E-state index contributed by atoms with van der Waals surface area (Å²) in [4.78, 5) is 5.18. The molecule has 0 radical (unpaired) electrons. The summed E-state index contributed by atoms with van der Waals surface area (Å²) in [6, 6.07) is 10.5. The van der Waals surface area contributed by atoms with E-state index in [2.05, 4.69) is 43.8 Å². The molecular weight excluding hydrogens is 312 g/mol. The van der Waals surface area contributed by atoms with E-state index in [1.165, 1.54) is 43.7 Å². The number of hydrogen-bond acceptors (Lipinski definition) is 4. The number of benzene rings is 1. The molecule has 0 amide bonds. The van der Waals surface area contributed by atoms with Crippen molar-refractivity contribution < 1.29 is 4.74 Å². The zero-order valence-electron chi connectivity index (χ0n) is 15.1. The van der Waals surface area contributed by atoms with Gasteiger partial charge in [-0.3, -0.25) is 9.58 Å². The third kappa shape index (κ3) is 3.88. The molecule has 1 aromatic heterocycles. The highest BCUT2D eigenvalue weighted by Crippen LogP contribution is 2.24. The Labute approximate surface area is 150 Å². The van der Waals surface area contributed by atoms with Gasteiger partial charge in [0.05, 0.1) is 12.8 Å². The molecule has 0 aliphatic carbocycles. The van der Waals surface area contributed by atoms with E-state index in [9.17, 15) is 0 Å². The van der Waals surface area contributed by atoms with Gasteiger partial charge in [-0.05, 0) is 38.1 Å². The molecule has 2 aliphatic heterocycles. The first kappa shape index (κ1) is 16.6. The fraction of sp³-hybridized carbons (Fsp3) is 0.550. The first-order valence-corrected chi connectivity index (χ1v) is 9.39. The van der Waals surface area contributed by atoms with Gasteiger partial charge in [-0.25, -0.2) is 0 Å². The molecule has 0 bridgehead atoms. The molecule has 1 aromatic carbocycles. The van der Waals surface area contributed by atoms with Gasteiger partial charge >= 0.3 is 0 Å². The molecule has 0 saturated carbocycles. The maximum Gasteiger partial charge on any atom is 0.123 e. The highest BCUT2D eigenvalue weighted by atomic mass is 16.5. The highest BCUT2D eigenvalue weighted by Gasteiger charge is 2.25. The maximum atomic E-state index is 5.55. The van der Waals surface area contributed by atoms with Crippen LogP contribution in [0, 0.1) is 5.92 Å². The van der Waals surface area contributed by atoms with Crippen LogP contribution < -0.4 is 4.74 Å². The van der Waals surface area contributed by atoms with Gasteiger partial charge < -0.3 is 9.64 Å². The topological polar surface area (TPSA) is 33.5 Å². The molecule has 134 valence electrons. The van der Waals surface area contributed by atoms with E-state index in [0.717, 1.165) is 31.9 Å². The minimum Gasteiger partial charge on any atom is -0.496 e. The van der Waals surface area contributed by atoms with Gasteiger partial charge in [0, 0.05) is 50.4 Å². The van der Waals surface area contributed by atoms with E-state index in [-0.39, 0.29) is 0 Å². The Bertz CT molecular complexity index is 693. The molecule has 0 N–H and O–H groups in total. The second-order valence-corrected chi connectivity index (χ2v) is 7.36. The van der Waals surface area contributed by atoms with Crippen molar-refractivity contribution in [1.29, 1.82) is 0 Å². The molecule has 0 spiro atoms. The Kier molecular flexibility index (Phi) is 5.04. The monoisotopic (exact) mass is 340 g/mol. The summed E-state index contributed by atoms with van der Waals surface area (Å²) >= 11 is 0. The average Bonchev–Trinajstić information content (AvgIpc) is 3.25. The SMILES string of the molecule is COc1ccccc1CN1Cc2ccnn2CC(CN2CCCC2)C1. The number of ether oxygens (including phenoxy) is 1. The summed E-state index contributed by atoms with van der Waals surface area (Å²) in [5.41, 5.74) is 2.58. The van der Waals surface area contributed by atoms with Gasteiger partial charge in [-0.1, -0.05) is 18.2 Å². The van der Waals surface area contributed by atoms with Crippen LogP contribution in [-0.2, 0) is 19.6 Å². The Balaban J connectivity index is 1.52. The number of para-hydroxylation sites is 1. The van der Waals surface area contributed by atoms with Crippen molar-refractivity contribution in [1.82, 2.24) is 19.6 Å². The number of hydrogen-bond donors (Lipinski definition) is 0. The van der Waals surface area contributed by atoms with E-state index in [1.54, 1.807) is 7.11 Å². The summed E-state index contributed by atoms with van der Waals surface area (Å²) in [6.07, 6.45) is 4.64. The first-order chi connectivity index (χ1) is 12.3. The number of aromatic nitrogens is 2. The van der Waals surface area contributed by atoms with Crippen molar-refractivity contribution in [3.05, 3.63) is 47.8 Å². The Morgan fingerprint density at radius 2 is 1.92 bits per heavy atom. The van der Waals surface area contributed by atoms with Crippen LogP contribution in [0.3, 0.4) is 0 Å². The Morgan fingerprint density at radius 1 is 1.08 bits per heavy atom. The third-order valence-corrected chi connectivity index (χ3v) is 5.44. The van der Waals surface area contributed by atoms with Crippen LogP contribution >= 0.6 is 0 Å². The lowest BCUT2D eigenvalue weighted by atomic mass is 10.1. The highest BCUT2D eigenvalue weighted by molar-refractivity contribution is 5.33. The van der Waals surface area contributed by atoms with Gasteiger partial charge in [0.1, 0.15) is 5.75 Å². The Morgan fingerprint density at radius 3 is 2.76 bits per heavy atom. The van der Waals surface area contributed by atoms with Gasteiger partial charge in [0.25, 0.3) is 0 Å². The molecule has 1 saturated heterocycles. The van der Waals surface area contributed by atoms with E-state index >= 15 is 0 Å². The zero-order valence-corrected chi connectivity index (χ0v) is 15.1. The molecule has 1 unspecified atom stereocenters. The van der Waals surface area contributed by atoms with Gasteiger partial charge in [-0.2, -0.15) is 5.10 Å². The van der Waals surface area contributed by atoms with Crippen LogP contribution in [0.2, 0.25) is 0 Å². The molecule has 2 aromatic rings. The lowest BCUT2D eigenvalue weighted by Gasteiger charge is -2.27. The minimum atomic E-state index is 0.619. The number of likely N-dealkylation sites (tertiary alicyclic amines) is 1. The van der Waals surface area contributed by atoms with Crippen molar-refractivity contribution in [3.63, 3.8) is 0 Å². The van der Waals surface area contributed by atoms with Crippen LogP contribution in [0.25, 0.3) is 0 Å². The molecule has 1 fully saturated rings. The largest absolute Gasteiger partial charge is 0.496 e. The van der Waals surface area contributed by atoms with Crippen molar-refractivity contribution in [2.24, 2.45) is 5.92 Å². The second kappa shape index (κ2) is 7.58. The number of nitrogens with zero attached hydrogens (tertiary/aromatic N) is 4. The van der Waals surface area contributed by atoms with Gasteiger partial charge in [-0.15, -0.1) is 0 Å². The van der Waals surface area contributed by atoms with E-state index < -0.39 is 0 Å². The van der Waals surface area contributed by atoms with E-state index in [0.29, 0.717) is 5.92 Å².